The molecule has 0 radical (unpaired) electrons. The van der Waals surface area contributed by atoms with Gasteiger partial charge in [-0.2, -0.15) is 0 Å². The van der Waals surface area contributed by atoms with Crippen LogP contribution in [-0.4, -0.2) is 16.1 Å². The molecule has 0 saturated carbocycles. The van der Waals surface area contributed by atoms with Gasteiger partial charge in [-0.15, -0.1) is 11.3 Å². The first kappa shape index (κ1) is 10.2. The zero-order chi connectivity index (χ0) is 9.68. The van der Waals surface area contributed by atoms with Gasteiger partial charge in [-0.3, -0.25) is 4.79 Å². The van der Waals surface area contributed by atoms with Crippen LogP contribution in [-0.2, 0) is 11.2 Å². The summed E-state index contributed by atoms with van der Waals surface area (Å²) < 4.78 is 0. The summed E-state index contributed by atoms with van der Waals surface area (Å²) in [6, 6.07) is 0. The molecule has 72 valence electrons. The summed E-state index contributed by atoms with van der Waals surface area (Å²) in [7, 11) is 0. The fourth-order valence-electron chi connectivity index (χ4n) is 1.07. The van der Waals surface area contributed by atoms with Gasteiger partial charge in [0.05, 0.1) is 5.01 Å². The Balaban J connectivity index is 2.16. The minimum absolute atomic E-state index is 0.268. The normalized spacial score (nSPS) is 10.2. The van der Waals surface area contributed by atoms with E-state index in [1.807, 2.05) is 12.3 Å². The highest BCUT2D eigenvalue weighted by atomic mass is 32.1. The summed E-state index contributed by atoms with van der Waals surface area (Å²) in [4.78, 5) is 14.5. The second-order valence-corrected chi connectivity index (χ2v) is 3.93. The first-order chi connectivity index (χ1) is 6.18. The van der Waals surface area contributed by atoms with Crippen molar-refractivity contribution in [3.8, 4) is 0 Å². The number of aliphatic carboxylic acids is 1. The van der Waals surface area contributed by atoms with E-state index in [-0.39, 0.29) is 6.42 Å². The van der Waals surface area contributed by atoms with Gasteiger partial charge in [0.25, 0.3) is 0 Å². The average Bonchev–Trinajstić information content (AvgIpc) is 2.45. The maximum Gasteiger partial charge on any atom is 0.303 e. The van der Waals surface area contributed by atoms with Gasteiger partial charge in [0.1, 0.15) is 0 Å². The van der Waals surface area contributed by atoms with Crippen molar-refractivity contribution in [2.45, 2.75) is 32.6 Å². The fraction of sp³-hybridized carbons (Fsp3) is 0.556. The number of aromatic nitrogens is 1. The molecule has 0 bridgehead atoms. The van der Waals surface area contributed by atoms with Crippen LogP contribution in [0.4, 0.5) is 0 Å². The first-order valence-electron chi connectivity index (χ1n) is 4.31. The third-order valence-corrected chi connectivity index (χ3v) is 2.72. The van der Waals surface area contributed by atoms with Crippen LogP contribution in [0.1, 0.15) is 30.0 Å². The van der Waals surface area contributed by atoms with E-state index >= 15 is 0 Å². The van der Waals surface area contributed by atoms with Gasteiger partial charge in [0.2, 0.25) is 0 Å². The number of thiazole rings is 1. The fourth-order valence-corrected chi connectivity index (χ4v) is 1.89. The van der Waals surface area contributed by atoms with Gasteiger partial charge in [0, 0.05) is 17.5 Å². The van der Waals surface area contributed by atoms with E-state index in [2.05, 4.69) is 4.98 Å². The Hall–Kier alpha value is -0.900. The van der Waals surface area contributed by atoms with Crippen molar-refractivity contribution in [2.75, 3.05) is 0 Å². The number of hydrogen-bond acceptors (Lipinski definition) is 3. The lowest BCUT2D eigenvalue weighted by molar-refractivity contribution is -0.137. The Bertz CT molecular complexity index is 283. The summed E-state index contributed by atoms with van der Waals surface area (Å²) in [6.07, 6.45) is 2.84. The molecule has 0 aliphatic rings. The minimum Gasteiger partial charge on any atom is -0.481 e. The van der Waals surface area contributed by atoms with Crippen LogP contribution < -0.4 is 0 Å². The van der Waals surface area contributed by atoms with Crippen molar-refractivity contribution in [2.24, 2.45) is 0 Å². The molecule has 0 aliphatic heterocycles. The van der Waals surface area contributed by atoms with Crippen LogP contribution in [0.5, 0.6) is 0 Å². The smallest absolute Gasteiger partial charge is 0.303 e. The summed E-state index contributed by atoms with van der Waals surface area (Å²) in [5.41, 5.74) is 1.05. The molecule has 0 fully saturated rings. The Kier molecular flexibility index (Phi) is 3.89. The third kappa shape index (κ3) is 4.03. The number of carboxylic acids is 1. The molecule has 0 unspecified atom stereocenters. The number of carbonyl (C=O) groups is 1. The monoisotopic (exact) mass is 199 g/mol. The molecule has 1 N–H and O–H groups in total. The van der Waals surface area contributed by atoms with E-state index < -0.39 is 5.97 Å². The second-order valence-electron chi connectivity index (χ2n) is 2.98. The maximum atomic E-state index is 10.2. The van der Waals surface area contributed by atoms with Crippen molar-refractivity contribution < 1.29 is 9.90 Å². The molecule has 0 atom stereocenters. The van der Waals surface area contributed by atoms with E-state index in [4.69, 9.17) is 5.11 Å². The lowest BCUT2D eigenvalue weighted by atomic mass is 10.2. The standard InChI is InChI=1S/C9H13NO2S/c1-7-6-13-8(10-7)4-2-3-5-9(11)12/h6H,2-5H2,1H3,(H,11,12). The zero-order valence-electron chi connectivity index (χ0n) is 7.62. The van der Waals surface area contributed by atoms with Crippen LogP contribution in [0.15, 0.2) is 5.38 Å². The topological polar surface area (TPSA) is 50.2 Å². The van der Waals surface area contributed by atoms with E-state index in [9.17, 15) is 4.79 Å². The molecule has 1 rings (SSSR count). The lowest BCUT2D eigenvalue weighted by Gasteiger charge is -1.94. The van der Waals surface area contributed by atoms with Gasteiger partial charge < -0.3 is 5.11 Å². The van der Waals surface area contributed by atoms with E-state index in [1.54, 1.807) is 11.3 Å². The minimum atomic E-state index is -0.713. The molecule has 0 saturated heterocycles. The molecule has 1 aromatic heterocycles. The van der Waals surface area contributed by atoms with Crippen molar-refractivity contribution in [3.05, 3.63) is 16.1 Å². The predicted molar refractivity (Wildman–Crippen MR) is 52.0 cm³/mol. The Morgan fingerprint density at radius 3 is 2.92 bits per heavy atom. The van der Waals surface area contributed by atoms with Crippen LogP contribution in [0.25, 0.3) is 0 Å². The van der Waals surface area contributed by atoms with Gasteiger partial charge in [-0.1, -0.05) is 0 Å². The van der Waals surface area contributed by atoms with Gasteiger partial charge in [0.15, 0.2) is 0 Å². The Labute approximate surface area is 81.4 Å². The maximum absolute atomic E-state index is 10.2. The molecule has 0 aromatic carbocycles. The Morgan fingerprint density at radius 1 is 1.62 bits per heavy atom. The number of carboxylic acid groups (broad SMARTS) is 1. The number of unbranched alkanes of at least 4 members (excludes halogenated alkanes) is 1. The number of nitrogens with zero attached hydrogens (tertiary/aromatic N) is 1. The molecule has 1 heterocycles. The summed E-state index contributed by atoms with van der Waals surface area (Å²) >= 11 is 1.65. The third-order valence-electron chi connectivity index (χ3n) is 1.70. The molecule has 4 heteroatoms. The van der Waals surface area contributed by atoms with Gasteiger partial charge in [-0.25, -0.2) is 4.98 Å². The number of rotatable bonds is 5. The average molecular weight is 199 g/mol. The molecule has 3 nitrogen and oxygen atoms in total. The zero-order valence-corrected chi connectivity index (χ0v) is 8.43. The predicted octanol–water partition coefficient (Wildman–Crippen LogP) is 2.25. The SMILES string of the molecule is Cc1csc(CCCCC(=O)O)n1. The highest BCUT2D eigenvalue weighted by molar-refractivity contribution is 7.09. The van der Waals surface area contributed by atoms with Crippen molar-refractivity contribution in [1.82, 2.24) is 4.98 Å². The largest absolute Gasteiger partial charge is 0.481 e. The van der Waals surface area contributed by atoms with Crippen LogP contribution in [0.3, 0.4) is 0 Å². The number of hydrogen-bond donors (Lipinski definition) is 1. The second kappa shape index (κ2) is 4.97. The van der Waals surface area contributed by atoms with E-state index in [0.717, 1.165) is 30.0 Å². The molecular formula is C9H13NO2S. The molecular weight excluding hydrogens is 186 g/mol. The van der Waals surface area contributed by atoms with Crippen molar-refractivity contribution in [1.29, 1.82) is 0 Å². The summed E-state index contributed by atoms with van der Waals surface area (Å²) in [6.45, 7) is 1.97. The molecule has 13 heavy (non-hydrogen) atoms. The van der Waals surface area contributed by atoms with E-state index in [0.29, 0.717) is 0 Å². The van der Waals surface area contributed by atoms with Gasteiger partial charge >= 0.3 is 5.97 Å². The summed E-state index contributed by atoms with van der Waals surface area (Å²) in [5, 5.41) is 11.5. The molecule has 0 aliphatic carbocycles. The molecule has 0 spiro atoms. The first-order valence-corrected chi connectivity index (χ1v) is 5.19. The van der Waals surface area contributed by atoms with Crippen LogP contribution >= 0.6 is 11.3 Å². The molecule has 1 aromatic rings. The number of aryl methyl sites for hydroxylation is 2. The highest BCUT2D eigenvalue weighted by Crippen LogP contribution is 2.12. The Morgan fingerprint density at radius 2 is 2.38 bits per heavy atom. The van der Waals surface area contributed by atoms with Crippen LogP contribution in [0, 0.1) is 6.92 Å². The molecule has 0 amide bonds. The highest BCUT2D eigenvalue weighted by Gasteiger charge is 2.00. The van der Waals surface area contributed by atoms with Crippen molar-refractivity contribution >= 4 is 17.3 Å². The lowest BCUT2D eigenvalue weighted by Crippen LogP contribution is -1.94. The van der Waals surface area contributed by atoms with Crippen molar-refractivity contribution in [3.63, 3.8) is 0 Å². The van der Waals surface area contributed by atoms with E-state index in [1.165, 1.54) is 0 Å². The summed E-state index contributed by atoms with van der Waals surface area (Å²) in [5.74, 6) is -0.713. The van der Waals surface area contributed by atoms with Gasteiger partial charge in [-0.05, 0) is 26.2 Å². The van der Waals surface area contributed by atoms with Crippen LogP contribution in [0.2, 0.25) is 0 Å². The quantitative estimate of drug-likeness (QED) is 0.740.